The molecule has 6 heteroatoms. The molecule has 1 amide bonds. The summed E-state index contributed by atoms with van der Waals surface area (Å²) in [6, 6.07) is 0.360. The average molecular weight is 311 g/mol. The van der Waals surface area contributed by atoms with Gasteiger partial charge in [0.2, 0.25) is 0 Å². The highest BCUT2D eigenvalue weighted by molar-refractivity contribution is 7.99. The van der Waals surface area contributed by atoms with Crippen molar-refractivity contribution in [3.8, 4) is 0 Å². The number of ether oxygens (including phenoxy) is 1. The average Bonchev–Trinajstić information content (AvgIpc) is 2.86. The molecule has 1 unspecified atom stereocenters. The van der Waals surface area contributed by atoms with Crippen molar-refractivity contribution >= 4 is 17.9 Å². The van der Waals surface area contributed by atoms with Gasteiger partial charge in [0.1, 0.15) is 5.60 Å². The van der Waals surface area contributed by atoms with E-state index in [0.717, 1.165) is 11.4 Å². The molecule has 0 radical (unpaired) electrons. The Morgan fingerprint density at radius 1 is 1.57 bits per heavy atom. The van der Waals surface area contributed by atoms with Gasteiger partial charge in [0.05, 0.1) is 24.3 Å². The number of amides is 1. The van der Waals surface area contributed by atoms with Crippen molar-refractivity contribution in [1.82, 2.24) is 14.9 Å². The topological polar surface area (TPSA) is 56.1 Å². The van der Waals surface area contributed by atoms with Crippen LogP contribution in [0.15, 0.2) is 12.5 Å². The molecule has 1 aliphatic rings. The van der Waals surface area contributed by atoms with E-state index in [0.29, 0.717) is 6.04 Å². The fraction of sp³-hybridized carbons (Fsp3) is 0.733. The number of carbonyl (C=O) groups excluding carboxylic acids is 1. The third-order valence-corrected chi connectivity index (χ3v) is 4.60. The monoisotopic (exact) mass is 311 g/mol. The van der Waals surface area contributed by atoms with Crippen LogP contribution < -0.4 is 5.32 Å². The normalized spacial score (nSPS) is 20.9. The van der Waals surface area contributed by atoms with E-state index in [9.17, 15) is 4.79 Å². The van der Waals surface area contributed by atoms with Crippen LogP contribution in [0, 0.1) is 0 Å². The van der Waals surface area contributed by atoms with Crippen molar-refractivity contribution in [2.24, 2.45) is 0 Å². The summed E-state index contributed by atoms with van der Waals surface area (Å²) < 4.78 is 7.51. The highest BCUT2D eigenvalue weighted by atomic mass is 32.2. The molecule has 2 heterocycles. The first-order valence-electron chi connectivity index (χ1n) is 7.46. The number of nitrogens with one attached hydrogen (secondary N) is 1. The molecule has 1 saturated heterocycles. The van der Waals surface area contributed by atoms with Crippen molar-refractivity contribution in [2.45, 2.75) is 58.2 Å². The second kappa shape index (κ2) is 6.73. The van der Waals surface area contributed by atoms with Crippen LogP contribution in [0.2, 0.25) is 0 Å². The van der Waals surface area contributed by atoms with Crippen molar-refractivity contribution in [3.63, 3.8) is 0 Å². The lowest BCUT2D eigenvalue weighted by Gasteiger charge is -2.27. The van der Waals surface area contributed by atoms with Crippen LogP contribution in [0.1, 0.15) is 58.3 Å². The second-order valence-corrected chi connectivity index (χ2v) is 7.61. The summed E-state index contributed by atoms with van der Waals surface area (Å²) in [5.41, 5.74) is 0.553. The van der Waals surface area contributed by atoms with Gasteiger partial charge in [0, 0.05) is 11.8 Å². The number of imidazole rings is 1. The molecule has 1 aromatic heterocycles. The molecule has 0 spiro atoms. The van der Waals surface area contributed by atoms with Gasteiger partial charge < -0.3 is 14.6 Å². The Labute approximate surface area is 130 Å². The third-order valence-electron chi connectivity index (χ3n) is 3.40. The second-order valence-electron chi connectivity index (χ2n) is 6.46. The maximum Gasteiger partial charge on any atom is 0.408 e. The van der Waals surface area contributed by atoms with Gasteiger partial charge in [-0.25, -0.2) is 9.78 Å². The standard InChI is InChI=1S/C15H25N3O2S/c1-11(17-14(19)20-15(2,3)4)13-8-16-10-18(13)12-6-5-7-21-9-12/h8,10-12H,5-7,9H2,1-4H3,(H,17,19)/t11-,12?/m1/s1. The molecule has 2 rings (SSSR count). The zero-order chi connectivity index (χ0) is 15.5. The molecule has 1 fully saturated rings. The Hall–Kier alpha value is -1.17. The zero-order valence-electron chi connectivity index (χ0n) is 13.3. The minimum absolute atomic E-state index is 0.116. The lowest BCUT2D eigenvalue weighted by molar-refractivity contribution is 0.0506. The van der Waals surface area contributed by atoms with Gasteiger partial charge in [-0.15, -0.1) is 0 Å². The molecular weight excluding hydrogens is 286 g/mol. The number of aromatic nitrogens is 2. The van der Waals surface area contributed by atoms with Crippen LogP contribution in [0.4, 0.5) is 4.79 Å². The lowest BCUT2D eigenvalue weighted by atomic mass is 10.1. The number of hydrogen-bond donors (Lipinski definition) is 1. The van der Waals surface area contributed by atoms with Crippen LogP contribution >= 0.6 is 11.8 Å². The Kier molecular flexibility index (Phi) is 5.19. The van der Waals surface area contributed by atoms with Crippen molar-refractivity contribution < 1.29 is 9.53 Å². The smallest absolute Gasteiger partial charge is 0.408 e. The largest absolute Gasteiger partial charge is 0.444 e. The minimum atomic E-state index is -0.482. The van der Waals surface area contributed by atoms with E-state index in [1.807, 2.05) is 52.0 Å². The third kappa shape index (κ3) is 4.66. The molecule has 1 aromatic rings. The number of thioether (sulfide) groups is 1. The van der Waals surface area contributed by atoms with E-state index in [2.05, 4.69) is 14.9 Å². The van der Waals surface area contributed by atoms with E-state index >= 15 is 0 Å². The van der Waals surface area contributed by atoms with Gasteiger partial charge >= 0.3 is 6.09 Å². The Morgan fingerprint density at radius 2 is 2.33 bits per heavy atom. The first-order valence-corrected chi connectivity index (χ1v) is 8.61. The minimum Gasteiger partial charge on any atom is -0.444 e. The van der Waals surface area contributed by atoms with Gasteiger partial charge in [-0.1, -0.05) is 0 Å². The number of rotatable bonds is 3. The lowest BCUT2D eigenvalue weighted by Crippen LogP contribution is -2.35. The zero-order valence-corrected chi connectivity index (χ0v) is 14.1. The van der Waals surface area contributed by atoms with Crippen LogP contribution in [-0.4, -0.2) is 32.8 Å². The van der Waals surface area contributed by atoms with E-state index < -0.39 is 5.60 Å². The molecule has 0 saturated carbocycles. The summed E-state index contributed by atoms with van der Waals surface area (Å²) in [6.07, 6.45) is 5.73. The molecule has 0 bridgehead atoms. The Balaban J connectivity index is 2.01. The van der Waals surface area contributed by atoms with Gasteiger partial charge in [0.15, 0.2) is 0 Å². The van der Waals surface area contributed by atoms with E-state index in [1.54, 1.807) is 0 Å². The van der Waals surface area contributed by atoms with Crippen LogP contribution in [0.5, 0.6) is 0 Å². The molecule has 0 aromatic carbocycles. The van der Waals surface area contributed by atoms with Crippen molar-refractivity contribution in [2.75, 3.05) is 11.5 Å². The predicted molar refractivity (Wildman–Crippen MR) is 85.6 cm³/mol. The van der Waals surface area contributed by atoms with Gasteiger partial charge in [-0.3, -0.25) is 0 Å². The molecule has 0 aliphatic carbocycles. The van der Waals surface area contributed by atoms with E-state index in [4.69, 9.17) is 4.74 Å². The molecule has 118 valence electrons. The highest BCUT2D eigenvalue weighted by Gasteiger charge is 2.23. The Morgan fingerprint density at radius 3 is 2.95 bits per heavy atom. The first kappa shape index (κ1) is 16.2. The summed E-state index contributed by atoms with van der Waals surface area (Å²) in [7, 11) is 0. The predicted octanol–water partition coefficient (Wildman–Crippen LogP) is 3.54. The molecule has 1 aliphatic heterocycles. The SMILES string of the molecule is C[C@@H](NC(=O)OC(C)(C)C)c1cncn1C1CCCSC1. The van der Waals surface area contributed by atoms with Crippen molar-refractivity contribution in [3.05, 3.63) is 18.2 Å². The number of nitrogens with zero attached hydrogens (tertiary/aromatic N) is 2. The molecule has 2 atom stereocenters. The fourth-order valence-electron chi connectivity index (χ4n) is 2.46. The molecular formula is C15H25N3O2S. The quantitative estimate of drug-likeness (QED) is 0.927. The molecule has 21 heavy (non-hydrogen) atoms. The summed E-state index contributed by atoms with van der Waals surface area (Å²) in [6.45, 7) is 7.55. The summed E-state index contributed by atoms with van der Waals surface area (Å²) in [5, 5.41) is 2.89. The van der Waals surface area contributed by atoms with E-state index in [-0.39, 0.29) is 12.1 Å². The van der Waals surface area contributed by atoms with Crippen molar-refractivity contribution in [1.29, 1.82) is 0 Å². The summed E-state index contributed by atoms with van der Waals surface area (Å²) >= 11 is 1.98. The number of carbonyl (C=O) groups is 1. The van der Waals surface area contributed by atoms with Gasteiger partial charge in [-0.2, -0.15) is 11.8 Å². The summed E-state index contributed by atoms with van der Waals surface area (Å²) in [4.78, 5) is 16.1. The highest BCUT2D eigenvalue weighted by Crippen LogP contribution is 2.29. The maximum atomic E-state index is 11.9. The number of alkyl carbamates (subject to hydrolysis) is 1. The van der Waals surface area contributed by atoms with Crippen LogP contribution in [0.25, 0.3) is 0 Å². The van der Waals surface area contributed by atoms with E-state index in [1.165, 1.54) is 18.6 Å². The van der Waals surface area contributed by atoms with Gasteiger partial charge in [-0.05, 0) is 46.3 Å². The number of hydrogen-bond acceptors (Lipinski definition) is 4. The molecule has 1 N–H and O–H groups in total. The molecule has 5 nitrogen and oxygen atoms in total. The first-order chi connectivity index (χ1) is 9.87. The van der Waals surface area contributed by atoms with Crippen LogP contribution in [0.3, 0.4) is 0 Å². The van der Waals surface area contributed by atoms with Gasteiger partial charge in [0.25, 0.3) is 0 Å². The fourth-order valence-corrected chi connectivity index (χ4v) is 3.59. The van der Waals surface area contributed by atoms with Crippen LogP contribution in [-0.2, 0) is 4.74 Å². The maximum absolute atomic E-state index is 11.9. The summed E-state index contributed by atoms with van der Waals surface area (Å²) in [5.74, 6) is 2.36. The Bertz CT molecular complexity index is 476.